The molecule has 0 bridgehead atoms. The van der Waals surface area contributed by atoms with Gasteiger partial charge in [0.1, 0.15) is 17.1 Å². The lowest BCUT2D eigenvalue weighted by atomic mass is 10.1. The van der Waals surface area contributed by atoms with E-state index in [0.29, 0.717) is 28.7 Å². The van der Waals surface area contributed by atoms with Crippen LogP contribution in [0, 0.1) is 6.92 Å². The molecule has 0 fully saturated rings. The van der Waals surface area contributed by atoms with Crippen molar-refractivity contribution in [1.82, 2.24) is 0 Å². The monoisotopic (exact) mass is 287 g/mol. The number of aliphatic imine (C=N–C) groups is 1. The van der Waals surface area contributed by atoms with Gasteiger partial charge in [-0.05, 0) is 26.0 Å². The number of aryl methyl sites for hydroxylation is 1. The van der Waals surface area contributed by atoms with Crippen molar-refractivity contribution >= 4 is 11.4 Å². The van der Waals surface area contributed by atoms with E-state index in [1.807, 2.05) is 0 Å². The van der Waals surface area contributed by atoms with E-state index >= 15 is 0 Å². The van der Waals surface area contributed by atoms with Crippen molar-refractivity contribution in [2.75, 3.05) is 6.79 Å². The molecule has 1 aromatic carbocycles. The van der Waals surface area contributed by atoms with Crippen LogP contribution in [-0.2, 0) is 0 Å². The van der Waals surface area contributed by atoms with Gasteiger partial charge in [0, 0.05) is 12.1 Å². The Morgan fingerprint density at radius 3 is 2.76 bits per heavy atom. The van der Waals surface area contributed by atoms with Gasteiger partial charge in [0.2, 0.25) is 6.79 Å². The first-order valence-corrected chi connectivity index (χ1v) is 6.33. The molecule has 1 aromatic heterocycles. The zero-order valence-electron chi connectivity index (χ0n) is 11.5. The SMILES string of the molecule is CC(=Nc1ccc2c(c1)OCO2)c1c(O)cc(C)oc1=O. The summed E-state index contributed by atoms with van der Waals surface area (Å²) in [5.74, 6) is 1.45. The van der Waals surface area contributed by atoms with Crippen LogP contribution in [0.25, 0.3) is 0 Å². The molecule has 0 radical (unpaired) electrons. The predicted molar refractivity (Wildman–Crippen MR) is 75.8 cm³/mol. The number of fused-ring (bicyclic) bond motifs is 1. The second kappa shape index (κ2) is 4.97. The second-order valence-electron chi connectivity index (χ2n) is 4.64. The van der Waals surface area contributed by atoms with Crippen molar-refractivity contribution in [2.24, 2.45) is 4.99 Å². The second-order valence-corrected chi connectivity index (χ2v) is 4.64. The lowest BCUT2D eigenvalue weighted by Crippen LogP contribution is -2.12. The molecule has 6 heteroatoms. The number of ether oxygens (including phenoxy) is 2. The molecule has 21 heavy (non-hydrogen) atoms. The van der Waals surface area contributed by atoms with Crippen LogP contribution < -0.4 is 15.1 Å². The summed E-state index contributed by atoms with van der Waals surface area (Å²) in [6.45, 7) is 3.41. The van der Waals surface area contributed by atoms with Crippen molar-refractivity contribution < 1.29 is 19.0 Å². The highest BCUT2D eigenvalue weighted by Crippen LogP contribution is 2.35. The molecule has 2 aromatic rings. The summed E-state index contributed by atoms with van der Waals surface area (Å²) in [6, 6.07) is 6.57. The average molecular weight is 287 g/mol. The number of hydrogen-bond donors (Lipinski definition) is 1. The van der Waals surface area contributed by atoms with E-state index in [1.54, 1.807) is 32.0 Å². The third-order valence-electron chi connectivity index (χ3n) is 3.07. The van der Waals surface area contributed by atoms with Crippen molar-refractivity contribution in [1.29, 1.82) is 0 Å². The number of rotatable bonds is 2. The number of nitrogens with zero attached hydrogens (tertiary/aromatic N) is 1. The van der Waals surface area contributed by atoms with Gasteiger partial charge in [-0.15, -0.1) is 0 Å². The molecule has 6 nitrogen and oxygen atoms in total. The fraction of sp³-hybridized carbons (Fsp3) is 0.200. The van der Waals surface area contributed by atoms with Crippen LogP contribution in [0.5, 0.6) is 17.2 Å². The molecule has 1 aliphatic rings. The molecule has 108 valence electrons. The van der Waals surface area contributed by atoms with Crippen LogP contribution in [-0.4, -0.2) is 17.6 Å². The maximum Gasteiger partial charge on any atom is 0.348 e. The van der Waals surface area contributed by atoms with E-state index in [0.717, 1.165) is 0 Å². The first-order chi connectivity index (χ1) is 10.0. The summed E-state index contributed by atoms with van der Waals surface area (Å²) >= 11 is 0. The fourth-order valence-corrected chi connectivity index (χ4v) is 2.13. The van der Waals surface area contributed by atoms with Gasteiger partial charge >= 0.3 is 5.63 Å². The zero-order valence-corrected chi connectivity index (χ0v) is 11.5. The summed E-state index contributed by atoms with van der Waals surface area (Å²) < 4.78 is 15.5. The molecule has 0 aliphatic carbocycles. The third kappa shape index (κ3) is 2.47. The Morgan fingerprint density at radius 1 is 1.24 bits per heavy atom. The normalized spacial score (nSPS) is 13.5. The van der Waals surface area contributed by atoms with Crippen LogP contribution in [0.2, 0.25) is 0 Å². The van der Waals surface area contributed by atoms with Gasteiger partial charge in [-0.25, -0.2) is 4.79 Å². The maximum absolute atomic E-state index is 11.8. The summed E-state index contributed by atoms with van der Waals surface area (Å²) in [6.07, 6.45) is 0. The van der Waals surface area contributed by atoms with E-state index in [2.05, 4.69) is 4.99 Å². The Balaban J connectivity index is 2.02. The van der Waals surface area contributed by atoms with Crippen LogP contribution >= 0.6 is 0 Å². The quantitative estimate of drug-likeness (QED) is 0.858. The van der Waals surface area contributed by atoms with Crippen molar-refractivity contribution in [3.05, 3.63) is 46.0 Å². The first kappa shape index (κ1) is 13.2. The first-order valence-electron chi connectivity index (χ1n) is 6.33. The van der Waals surface area contributed by atoms with E-state index in [4.69, 9.17) is 13.9 Å². The third-order valence-corrected chi connectivity index (χ3v) is 3.07. The fourth-order valence-electron chi connectivity index (χ4n) is 2.13. The highest BCUT2D eigenvalue weighted by Gasteiger charge is 2.15. The summed E-state index contributed by atoms with van der Waals surface area (Å²) in [7, 11) is 0. The van der Waals surface area contributed by atoms with Crippen LogP contribution in [0.15, 0.2) is 38.5 Å². The Labute approximate surface area is 120 Å². The molecule has 1 N–H and O–H groups in total. The van der Waals surface area contributed by atoms with Crippen LogP contribution in [0.3, 0.4) is 0 Å². The smallest absolute Gasteiger partial charge is 0.348 e. The topological polar surface area (TPSA) is 81.3 Å². The minimum atomic E-state index is -0.616. The molecule has 1 aliphatic heterocycles. The van der Waals surface area contributed by atoms with Crippen LogP contribution in [0.1, 0.15) is 18.2 Å². The lowest BCUT2D eigenvalue weighted by molar-refractivity contribution is 0.174. The minimum Gasteiger partial charge on any atom is -0.507 e. The van der Waals surface area contributed by atoms with Crippen molar-refractivity contribution in [3.63, 3.8) is 0 Å². The molecule has 0 amide bonds. The summed E-state index contributed by atoms with van der Waals surface area (Å²) in [5, 5.41) is 9.89. The van der Waals surface area contributed by atoms with E-state index in [1.165, 1.54) is 6.07 Å². The largest absolute Gasteiger partial charge is 0.507 e. The Morgan fingerprint density at radius 2 is 2.00 bits per heavy atom. The van der Waals surface area contributed by atoms with E-state index < -0.39 is 5.63 Å². The van der Waals surface area contributed by atoms with Gasteiger partial charge in [-0.1, -0.05) is 0 Å². The maximum atomic E-state index is 11.8. The molecule has 0 unspecified atom stereocenters. The van der Waals surface area contributed by atoms with Crippen molar-refractivity contribution in [3.8, 4) is 17.2 Å². The molecule has 0 saturated heterocycles. The Bertz CT molecular complexity index is 791. The van der Waals surface area contributed by atoms with E-state index in [-0.39, 0.29) is 18.1 Å². The van der Waals surface area contributed by atoms with E-state index in [9.17, 15) is 9.90 Å². The Hall–Kier alpha value is -2.76. The average Bonchev–Trinajstić information content (AvgIpc) is 2.84. The molecular formula is C15H13NO5. The van der Waals surface area contributed by atoms with Gasteiger partial charge < -0.3 is 19.0 Å². The number of aromatic hydroxyl groups is 1. The number of benzene rings is 1. The van der Waals surface area contributed by atoms with Gasteiger partial charge in [0.05, 0.1) is 11.4 Å². The predicted octanol–water partition coefficient (Wildman–Crippen LogP) is 2.52. The van der Waals surface area contributed by atoms with Crippen LogP contribution in [0.4, 0.5) is 5.69 Å². The number of hydrogen-bond acceptors (Lipinski definition) is 6. The molecular weight excluding hydrogens is 274 g/mol. The Kier molecular flexibility index (Phi) is 3.13. The molecule has 0 saturated carbocycles. The van der Waals surface area contributed by atoms with Gasteiger partial charge in [0.15, 0.2) is 11.5 Å². The summed E-state index contributed by atoms with van der Waals surface area (Å²) in [4.78, 5) is 16.1. The molecule has 0 spiro atoms. The zero-order chi connectivity index (χ0) is 15.0. The highest BCUT2D eigenvalue weighted by atomic mass is 16.7. The van der Waals surface area contributed by atoms with Gasteiger partial charge in [-0.3, -0.25) is 4.99 Å². The lowest BCUT2D eigenvalue weighted by Gasteiger charge is -2.04. The highest BCUT2D eigenvalue weighted by molar-refractivity contribution is 6.02. The molecule has 0 atom stereocenters. The minimum absolute atomic E-state index is 0.0540. The molecule has 2 heterocycles. The summed E-state index contributed by atoms with van der Waals surface area (Å²) in [5.41, 5.74) is 0.393. The van der Waals surface area contributed by atoms with Gasteiger partial charge in [-0.2, -0.15) is 0 Å². The standard InChI is InChI=1S/C15H13NO5/c1-8-5-11(17)14(15(18)21-8)9(2)16-10-3-4-12-13(6-10)20-7-19-12/h3-6,17H,7H2,1-2H3. The molecule has 3 rings (SSSR count). The van der Waals surface area contributed by atoms with Gasteiger partial charge in [0.25, 0.3) is 0 Å². The van der Waals surface area contributed by atoms with Crippen molar-refractivity contribution in [2.45, 2.75) is 13.8 Å².